The Morgan fingerprint density at radius 2 is 1.56 bits per heavy atom. The minimum atomic E-state index is -3.59. The summed E-state index contributed by atoms with van der Waals surface area (Å²) in [7, 11) is -3.59. The molecule has 1 N–H and O–H groups in total. The Kier molecular flexibility index (Phi) is 12.2. The number of hydrogen-bond acceptors (Lipinski definition) is 4. The van der Waals surface area contributed by atoms with Crippen LogP contribution in [0.4, 0.5) is 5.69 Å². The van der Waals surface area contributed by atoms with Crippen LogP contribution in [-0.4, -0.2) is 50.5 Å². The number of hydrogen-bond donors (Lipinski definition) is 1. The summed E-state index contributed by atoms with van der Waals surface area (Å²) in [4.78, 5) is 29.0. The standard InChI is InChI=1S/C31H37BrClN3O4S/c1-23(2)21-34-31(38)29(20-24-8-5-4-6-9-24)35(22-25-11-13-26(32)14-12-25)30(37)10-7-19-36(41(3,39)40)28-17-15-27(33)16-18-28/h4-6,8-9,11-18,23,29H,7,10,19-22H2,1-3H3,(H,34,38)/t29-/m0/s1. The predicted molar refractivity (Wildman–Crippen MR) is 169 cm³/mol. The molecule has 0 aliphatic rings. The molecule has 220 valence electrons. The third-order valence-corrected chi connectivity index (χ3v) is 8.46. The molecule has 3 aromatic carbocycles. The highest BCUT2D eigenvalue weighted by Gasteiger charge is 2.30. The van der Waals surface area contributed by atoms with Gasteiger partial charge in [-0.25, -0.2) is 8.42 Å². The summed E-state index contributed by atoms with van der Waals surface area (Å²) in [6, 6.07) is 23.1. The van der Waals surface area contributed by atoms with E-state index in [2.05, 4.69) is 21.2 Å². The number of nitrogens with zero attached hydrogens (tertiary/aromatic N) is 2. The Bertz CT molecular complexity index is 1390. The van der Waals surface area contributed by atoms with E-state index in [4.69, 9.17) is 11.6 Å². The minimum absolute atomic E-state index is 0.0683. The lowest BCUT2D eigenvalue weighted by Crippen LogP contribution is -2.51. The monoisotopic (exact) mass is 661 g/mol. The van der Waals surface area contributed by atoms with Gasteiger partial charge in [0, 0.05) is 42.0 Å². The van der Waals surface area contributed by atoms with Crippen LogP contribution in [0.3, 0.4) is 0 Å². The van der Waals surface area contributed by atoms with Crippen LogP contribution >= 0.6 is 27.5 Å². The van der Waals surface area contributed by atoms with E-state index in [1.165, 1.54) is 4.31 Å². The first kappa shape index (κ1) is 32.6. The van der Waals surface area contributed by atoms with E-state index in [0.29, 0.717) is 23.7 Å². The van der Waals surface area contributed by atoms with Crippen molar-refractivity contribution in [1.29, 1.82) is 0 Å². The highest BCUT2D eigenvalue weighted by molar-refractivity contribution is 9.10. The average molecular weight is 663 g/mol. The summed E-state index contributed by atoms with van der Waals surface area (Å²) in [6.07, 6.45) is 1.83. The molecule has 0 heterocycles. The van der Waals surface area contributed by atoms with E-state index >= 15 is 0 Å². The van der Waals surface area contributed by atoms with Crippen molar-refractivity contribution in [3.05, 3.63) is 99.5 Å². The van der Waals surface area contributed by atoms with Crippen LogP contribution in [0.5, 0.6) is 0 Å². The summed E-state index contributed by atoms with van der Waals surface area (Å²) in [5, 5.41) is 3.52. The summed E-state index contributed by atoms with van der Waals surface area (Å²) >= 11 is 9.44. The topological polar surface area (TPSA) is 86.8 Å². The molecule has 3 aromatic rings. The van der Waals surface area contributed by atoms with E-state index in [0.717, 1.165) is 21.9 Å². The molecule has 0 unspecified atom stereocenters. The first-order chi connectivity index (χ1) is 19.4. The van der Waals surface area contributed by atoms with Crippen molar-refractivity contribution < 1.29 is 18.0 Å². The lowest BCUT2D eigenvalue weighted by molar-refractivity contribution is -0.141. The van der Waals surface area contributed by atoms with Gasteiger partial charge in [0.2, 0.25) is 21.8 Å². The van der Waals surface area contributed by atoms with Crippen LogP contribution in [-0.2, 0) is 32.6 Å². The molecular weight excluding hydrogens is 626 g/mol. The number of nitrogens with one attached hydrogen (secondary N) is 1. The summed E-state index contributed by atoms with van der Waals surface area (Å²) in [6.45, 7) is 4.89. The maximum Gasteiger partial charge on any atom is 0.243 e. The van der Waals surface area contributed by atoms with Crippen molar-refractivity contribution in [2.75, 3.05) is 23.7 Å². The maximum absolute atomic E-state index is 13.9. The Morgan fingerprint density at radius 1 is 0.927 bits per heavy atom. The van der Waals surface area contributed by atoms with Gasteiger partial charge in [-0.15, -0.1) is 0 Å². The van der Waals surface area contributed by atoms with Crippen molar-refractivity contribution in [2.24, 2.45) is 5.92 Å². The fraction of sp³-hybridized carbons (Fsp3) is 0.355. The number of rotatable bonds is 14. The molecule has 10 heteroatoms. The van der Waals surface area contributed by atoms with Crippen molar-refractivity contribution >= 4 is 55.1 Å². The second-order valence-electron chi connectivity index (χ2n) is 10.4. The number of anilines is 1. The fourth-order valence-electron chi connectivity index (χ4n) is 4.37. The predicted octanol–water partition coefficient (Wildman–Crippen LogP) is 6.06. The normalized spacial score (nSPS) is 12.1. The molecule has 0 bridgehead atoms. The van der Waals surface area contributed by atoms with Gasteiger partial charge in [-0.2, -0.15) is 0 Å². The van der Waals surface area contributed by atoms with E-state index < -0.39 is 16.1 Å². The molecular formula is C31H37BrClN3O4S. The van der Waals surface area contributed by atoms with Crippen LogP contribution in [0.2, 0.25) is 5.02 Å². The van der Waals surface area contributed by atoms with Gasteiger partial charge in [0.25, 0.3) is 0 Å². The fourth-order valence-corrected chi connectivity index (χ4v) is 5.73. The zero-order valence-corrected chi connectivity index (χ0v) is 26.8. The van der Waals surface area contributed by atoms with E-state index in [1.54, 1.807) is 29.2 Å². The van der Waals surface area contributed by atoms with Crippen molar-refractivity contribution in [1.82, 2.24) is 10.2 Å². The zero-order chi connectivity index (χ0) is 30.0. The third-order valence-electron chi connectivity index (χ3n) is 6.49. The second kappa shape index (κ2) is 15.4. The van der Waals surface area contributed by atoms with Crippen LogP contribution in [0, 0.1) is 5.92 Å². The molecule has 0 aromatic heterocycles. The Labute approximate surface area is 257 Å². The largest absolute Gasteiger partial charge is 0.354 e. The van der Waals surface area contributed by atoms with E-state index in [-0.39, 0.29) is 43.7 Å². The van der Waals surface area contributed by atoms with Gasteiger partial charge in [-0.3, -0.25) is 13.9 Å². The molecule has 0 saturated heterocycles. The average Bonchev–Trinajstić information content (AvgIpc) is 2.93. The second-order valence-corrected chi connectivity index (χ2v) is 13.7. The highest BCUT2D eigenvalue weighted by atomic mass is 79.9. The molecule has 41 heavy (non-hydrogen) atoms. The highest BCUT2D eigenvalue weighted by Crippen LogP contribution is 2.22. The zero-order valence-electron chi connectivity index (χ0n) is 23.6. The van der Waals surface area contributed by atoms with Gasteiger partial charge in [-0.1, -0.05) is 83.8 Å². The summed E-state index contributed by atoms with van der Waals surface area (Å²) < 4.78 is 27.3. The number of amides is 2. The number of carbonyl (C=O) groups is 2. The van der Waals surface area contributed by atoms with Crippen molar-refractivity contribution in [2.45, 2.75) is 45.7 Å². The Hall–Kier alpha value is -2.88. The van der Waals surface area contributed by atoms with E-state index in [1.807, 2.05) is 68.4 Å². The molecule has 7 nitrogen and oxygen atoms in total. The summed E-state index contributed by atoms with van der Waals surface area (Å²) in [5.41, 5.74) is 2.30. The molecule has 3 rings (SSSR count). The molecule has 0 saturated carbocycles. The number of benzene rings is 3. The minimum Gasteiger partial charge on any atom is -0.354 e. The smallest absolute Gasteiger partial charge is 0.243 e. The summed E-state index contributed by atoms with van der Waals surface area (Å²) in [5.74, 6) is -0.188. The maximum atomic E-state index is 13.9. The SMILES string of the molecule is CC(C)CNC(=O)[C@H](Cc1ccccc1)N(Cc1ccc(Br)cc1)C(=O)CCCN(c1ccc(Cl)cc1)S(C)(=O)=O. The van der Waals surface area contributed by atoms with Gasteiger partial charge in [-0.05, 0) is 59.9 Å². The lowest BCUT2D eigenvalue weighted by atomic mass is 10.0. The van der Waals surface area contributed by atoms with Gasteiger partial charge in [0.15, 0.2) is 0 Å². The number of halogens is 2. The van der Waals surface area contributed by atoms with Gasteiger partial charge < -0.3 is 10.2 Å². The lowest BCUT2D eigenvalue weighted by Gasteiger charge is -2.32. The number of carbonyl (C=O) groups excluding carboxylic acids is 2. The molecule has 0 spiro atoms. The van der Waals surface area contributed by atoms with Gasteiger partial charge in [0.05, 0.1) is 11.9 Å². The molecule has 1 atom stereocenters. The van der Waals surface area contributed by atoms with Crippen LogP contribution in [0.1, 0.15) is 37.8 Å². The van der Waals surface area contributed by atoms with Gasteiger partial charge in [0.1, 0.15) is 6.04 Å². The first-order valence-corrected chi connectivity index (χ1v) is 16.5. The molecule has 0 radical (unpaired) electrons. The Morgan fingerprint density at radius 3 is 2.15 bits per heavy atom. The molecule has 0 aliphatic heterocycles. The third kappa shape index (κ3) is 10.5. The Balaban J connectivity index is 1.87. The van der Waals surface area contributed by atoms with Gasteiger partial charge >= 0.3 is 0 Å². The first-order valence-electron chi connectivity index (χ1n) is 13.5. The van der Waals surface area contributed by atoms with Crippen LogP contribution in [0.15, 0.2) is 83.3 Å². The van der Waals surface area contributed by atoms with Crippen LogP contribution < -0.4 is 9.62 Å². The quantitative estimate of drug-likeness (QED) is 0.227. The molecule has 0 fully saturated rings. The van der Waals surface area contributed by atoms with E-state index in [9.17, 15) is 18.0 Å². The van der Waals surface area contributed by atoms with Crippen molar-refractivity contribution in [3.63, 3.8) is 0 Å². The number of sulfonamides is 1. The van der Waals surface area contributed by atoms with Crippen LogP contribution in [0.25, 0.3) is 0 Å². The van der Waals surface area contributed by atoms with Crippen molar-refractivity contribution in [3.8, 4) is 0 Å². The molecule has 0 aliphatic carbocycles. The molecule has 2 amide bonds.